The lowest BCUT2D eigenvalue weighted by atomic mass is 9.94. The molecule has 2 rings (SSSR count). The predicted molar refractivity (Wildman–Crippen MR) is 93.2 cm³/mol. The molecule has 0 unspecified atom stereocenters. The summed E-state index contributed by atoms with van der Waals surface area (Å²) in [6.07, 6.45) is 0. The number of nitrogens with one attached hydrogen (secondary N) is 1. The van der Waals surface area contributed by atoms with E-state index in [9.17, 15) is 9.59 Å². The number of carbonyl (C=O) groups is 2. The number of rotatable bonds is 6. The van der Waals surface area contributed by atoms with Gasteiger partial charge in [0.05, 0.1) is 19.8 Å². The van der Waals surface area contributed by atoms with Gasteiger partial charge in [0, 0.05) is 37.7 Å². The lowest BCUT2D eigenvalue weighted by molar-refractivity contribution is -0.142. The van der Waals surface area contributed by atoms with E-state index in [-0.39, 0.29) is 18.4 Å². The van der Waals surface area contributed by atoms with E-state index in [0.29, 0.717) is 31.3 Å². The van der Waals surface area contributed by atoms with E-state index in [4.69, 9.17) is 9.26 Å². The molecule has 1 N–H and O–H groups in total. The summed E-state index contributed by atoms with van der Waals surface area (Å²) in [5.41, 5.74) is -0.546. The van der Waals surface area contributed by atoms with E-state index >= 15 is 0 Å². The van der Waals surface area contributed by atoms with Crippen molar-refractivity contribution < 1.29 is 18.8 Å². The Kier molecular flexibility index (Phi) is 6.55. The monoisotopic (exact) mass is 352 g/mol. The fourth-order valence-corrected chi connectivity index (χ4v) is 2.59. The zero-order valence-corrected chi connectivity index (χ0v) is 15.5. The molecule has 2 amide bonds. The molecule has 0 radical (unpaired) electrons. The third-order valence-electron chi connectivity index (χ3n) is 3.95. The van der Waals surface area contributed by atoms with Crippen molar-refractivity contribution in [2.45, 2.75) is 27.7 Å². The molecule has 0 bridgehead atoms. The second-order valence-electron chi connectivity index (χ2n) is 7.30. The van der Waals surface area contributed by atoms with Gasteiger partial charge in [-0.25, -0.2) is 0 Å². The van der Waals surface area contributed by atoms with Crippen LogP contribution in [0, 0.1) is 12.3 Å². The molecule has 1 fully saturated rings. The molecule has 0 aliphatic carbocycles. The van der Waals surface area contributed by atoms with Crippen molar-refractivity contribution in [2.75, 3.05) is 51.3 Å². The summed E-state index contributed by atoms with van der Waals surface area (Å²) >= 11 is 0. The Balaban J connectivity index is 1.95. The molecule has 1 aromatic rings. The summed E-state index contributed by atoms with van der Waals surface area (Å²) in [6.45, 7) is 11.7. The Morgan fingerprint density at radius 1 is 1.32 bits per heavy atom. The number of carbonyl (C=O) groups excluding carboxylic acids is 2. The fraction of sp³-hybridized carbons (Fsp3) is 0.706. The highest BCUT2D eigenvalue weighted by molar-refractivity contribution is 5.94. The van der Waals surface area contributed by atoms with Crippen LogP contribution in [0.3, 0.4) is 0 Å². The number of aromatic nitrogens is 1. The van der Waals surface area contributed by atoms with Gasteiger partial charge in [-0.3, -0.25) is 14.5 Å². The maximum Gasteiger partial charge on any atom is 0.245 e. The summed E-state index contributed by atoms with van der Waals surface area (Å²) in [5, 5.41) is 6.41. The van der Waals surface area contributed by atoms with Gasteiger partial charge in [-0.05, 0) is 6.92 Å². The van der Waals surface area contributed by atoms with E-state index in [1.54, 1.807) is 17.9 Å². The van der Waals surface area contributed by atoms with Crippen LogP contribution in [0.15, 0.2) is 10.6 Å². The van der Waals surface area contributed by atoms with Crippen molar-refractivity contribution >= 4 is 17.6 Å². The number of hydrogen-bond acceptors (Lipinski definition) is 6. The topological polar surface area (TPSA) is 87.9 Å². The van der Waals surface area contributed by atoms with Crippen LogP contribution in [0.1, 0.15) is 26.5 Å². The molecule has 0 saturated carbocycles. The van der Waals surface area contributed by atoms with Crippen LogP contribution >= 0.6 is 0 Å². The van der Waals surface area contributed by atoms with E-state index in [1.165, 1.54) is 0 Å². The highest BCUT2D eigenvalue weighted by Gasteiger charge is 2.29. The van der Waals surface area contributed by atoms with E-state index in [1.807, 2.05) is 20.8 Å². The second-order valence-corrected chi connectivity index (χ2v) is 7.30. The third-order valence-corrected chi connectivity index (χ3v) is 3.95. The first-order valence-electron chi connectivity index (χ1n) is 8.58. The molecule has 0 spiro atoms. The first-order chi connectivity index (χ1) is 11.8. The summed E-state index contributed by atoms with van der Waals surface area (Å²) in [5.74, 6) is 0.643. The van der Waals surface area contributed by atoms with Gasteiger partial charge in [0.25, 0.3) is 0 Å². The summed E-state index contributed by atoms with van der Waals surface area (Å²) in [7, 11) is 0. The van der Waals surface area contributed by atoms with Crippen molar-refractivity contribution in [3.63, 3.8) is 0 Å². The van der Waals surface area contributed by atoms with Crippen LogP contribution in [0.4, 0.5) is 5.82 Å². The van der Waals surface area contributed by atoms with Crippen molar-refractivity contribution in [1.29, 1.82) is 0 Å². The summed E-state index contributed by atoms with van der Waals surface area (Å²) < 4.78 is 10.3. The Bertz CT molecular complexity index is 588. The lowest BCUT2D eigenvalue weighted by Crippen LogP contribution is -2.48. The molecule has 1 aliphatic heterocycles. The van der Waals surface area contributed by atoms with Gasteiger partial charge >= 0.3 is 0 Å². The zero-order valence-electron chi connectivity index (χ0n) is 15.5. The average Bonchev–Trinajstić information content (AvgIpc) is 2.95. The quantitative estimate of drug-likeness (QED) is 0.826. The minimum Gasteiger partial charge on any atom is -0.379 e. The van der Waals surface area contributed by atoms with Gasteiger partial charge in [-0.1, -0.05) is 25.9 Å². The highest BCUT2D eigenvalue weighted by Crippen LogP contribution is 2.17. The number of anilines is 1. The summed E-state index contributed by atoms with van der Waals surface area (Å²) in [4.78, 5) is 28.8. The molecule has 25 heavy (non-hydrogen) atoms. The molecule has 1 aromatic heterocycles. The van der Waals surface area contributed by atoms with Crippen molar-refractivity contribution in [2.24, 2.45) is 5.41 Å². The van der Waals surface area contributed by atoms with Crippen LogP contribution < -0.4 is 5.32 Å². The molecule has 2 heterocycles. The molecular weight excluding hydrogens is 324 g/mol. The Morgan fingerprint density at radius 2 is 2.00 bits per heavy atom. The molecule has 1 aliphatic rings. The summed E-state index contributed by atoms with van der Waals surface area (Å²) in [6, 6.07) is 1.64. The number of amides is 2. The third kappa shape index (κ3) is 6.13. The van der Waals surface area contributed by atoms with Crippen LogP contribution in [0.5, 0.6) is 0 Å². The molecule has 0 aromatic carbocycles. The predicted octanol–water partition coefficient (Wildman–Crippen LogP) is 1.13. The van der Waals surface area contributed by atoms with Gasteiger partial charge in [0.2, 0.25) is 11.8 Å². The van der Waals surface area contributed by atoms with Gasteiger partial charge in [0.1, 0.15) is 5.76 Å². The molecule has 140 valence electrons. The minimum absolute atomic E-state index is 0.00759. The van der Waals surface area contributed by atoms with E-state index in [2.05, 4.69) is 15.4 Å². The fourth-order valence-electron chi connectivity index (χ4n) is 2.59. The SMILES string of the molecule is Cc1cc(NC(=O)CN(CCN2CCOCC2)C(=O)C(C)(C)C)no1. The van der Waals surface area contributed by atoms with Gasteiger partial charge in [-0.2, -0.15) is 0 Å². The largest absolute Gasteiger partial charge is 0.379 e. The Morgan fingerprint density at radius 3 is 2.56 bits per heavy atom. The number of morpholine rings is 1. The Hall–Kier alpha value is -1.93. The number of hydrogen-bond donors (Lipinski definition) is 1. The maximum absolute atomic E-state index is 12.7. The normalized spacial score (nSPS) is 15.8. The van der Waals surface area contributed by atoms with E-state index in [0.717, 1.165) is 19.6 Å². The number of ether oxygens (including phenoxy) is 1. The number of aryl methyl sites for hydroxylation is 1. The van der Waals surface area contributed by atoms with Gasteiger partial charge in [-0.15, -0.1) is 0 Å². The minimum atomic E-state index is -0.546. The van der Waals surface area contributed by atoms with Crippen LogP contribution in [-0.4, -0.2) is 72.7 Å². The molecule has 1 saturated heterocycles. The molecule has 0 atom stereocenters. The lowest BCUT2D eigenvalue weighted by Gasteiger charge is -2.32. The van der Waals surface area contributed by atoms with Crippen molar-refractivity contribution in [3.05, 3.63) is 11.8 Å². The van der Waals surface area contributed by atoms with Gasteiger partial charge in [0.15, 0.2) is 5.82 Å². The Labute approximate surface area is 148 Å². The van der Waals surface area contributed by atoms with Crippen LogP contribution in [0.2, 0.25) is 0 Å². The smallest absolute Gasteiger partial charge is 0.245 e. The molecule has 8 nitrogen and oxygen atoms in total. The van der Waals surface area contributed by atoms with Crippen molar-refractivity contribution in [1.82, 2.24) is 15.0 Å². The zero-order chi connectivity index (χ0) is 18.4. The number of nitrogens with zero attached hydrogens (tertiary/aromatic N) is 3. The molecular formula is C17H28N4O4. The van der Waals surface area contributed by atoms with Crippen LogP contribution in [0.25, 0.3) is 0 Å². The van der Waals surface area contributed by atoms with Crippen molar-refractivity contribution in [3.8, 4) is 0 Å². The maximum atomic E-state index is 12.7. The first kappa shape index (κ1) is 19.4. The van der Waals surface area contributed by atoms with Crippen LogP contribution in [-0.2, 0) is 14.3 Å². The second kappa shape index (κ2) is 8.44. The molecule has 8 heteroatoms. The first-order valence-corrected chi connectivity index (χ1v) is 8.58. The highest BCUT2D eigenvalue weighted by atomic mass is 16.5. The van der Waals surface area contributed by atoms with Gasteiger partial charge < -0.3 is 19.5 Å². The van der Waals surface area contributed by atoms with E-state index < -0.39 is 5.41 Å². The standard InChI is InChI=1S/C17H28N4O4/c1-13-11-14(19-25-13)18-15(22)12-21(16(23)17(2,3)4)6-5-20-7-9-24-10-8-20/h11H,5-10,12H2,1-4H3,(H,18,19,22). The average molecular weight is 352 g/mol.